The van der Waals surface area contributed by atoms with Crippen LogP contribution < -0.4 is 5.32 Å². The van der Waals surface area contributed by atoms with Gasteiger partial charge in [-0.05, 0) is 46.2 Å². The highest BCUT2D eigenvalue weighted by molar-refractivity contribution is 5.80. The largest absolute Gasteiger partial charge is 0.466 e. The zero-order valence-electron chi connectivity index (χ0n) is 17.9. The van der Waals surface area contributed by atoms with Gasteiger partial charge in [0.1, 0.15) is 0 Å². The number of carbonyl (C=O) groups is 1. The topological polar surface area (TPSA) is 57.2 Å². The number of likely N-dealkylation sites (tertiary alicyclic amines) is 1. The number of rotatable bonds is 8. The number of likely N-dealkylation sites (N-methyl/N-ethyl adjacent to an activating group) is 1. The summed E-state index contributed by atoms with van der Waals surface area (Å²) < 4.78 is 5.17. The lowest BCUT2D eigenvalue weighted by molar-refractivity contribution is -0.149. The molecule has 6 nitrogen and oxygen atoms in total. The molecule has 0 saturated carbocycles. The molecule has 0 bridgehead atoms. The van der Waals surface area contributed by atoms with E-state index in [9.17, 15) is 4.79 Å². The van der Waals surface area contributed by atoms with Crippen LogP contribution in [0.1, 0.15) is 39.2 Å². The van der Waals surface area contributed by atoms with E-state index in [1.807, 2.05) is 13.0 Å². The van der Waals surface area contributed by atoms with E-state index in [1.54, 1.807) is 0 Å². The van der Waals surface area contributed by atoms with Gasteiger partial charge >= 0.3 is 5.97 Å². The third-order valence-electron chi connectivity index (χ3n) is 5.28. The smallest absolute Gasteiger partial charge is 0.309 e. The zero-order chi connectivity index (χ0) is 20.4. The predicted molar refractivity (Wildman–Crippen MR) is 114 cm³/mol. The Labute approximate surface area is 170 Å². The predicted octanol–water partition coefficient (Wildman–Crippen LogP) is 2.75. The number of aliphatic imine (C=N–C) groups is 1. The number of carbonyl (C=O) groups excluding carboxylic acids is 1. The van der Waals surface area contributed by atoms with Gasteiger partial charge in [-0.15, -0.1) is 0 Å². The summed E-state index contributed by atoms with van der Waals surface area (Å²) in [5.41, 5.74) is 1.31. The molecule has 28 heavy (non-hydrogen) atoms. The minimum absolute atomic E-state index is 0.0232. The first-order valence-corrected chi connectivity index (χ1v) is 10.5. The number of piperidine rings is 1. The van der Waals surface area contributed by atoms with Crippen molar-refractivity contribution in [2.45, 2.75) is 46.2 Å². The van der Waals surface area contributed by atoms with Crippen molar-refractivity contribution in [1.82, 2.24) is 15.1 Å². The van der Waals surface area contributed by atoms with Crippen LogP contribution in [0.5, 0.6) is 0 Å². The highest BCUT2D eigenvalue weighted by atomic mass is 16.5. The van der Waals surface area contributed by atoms with Crippen LogP contribution in [0.3, 0.4) is 0 Å². The Hall–Kier alpha value is -2.08. The Morgan fingerprint density at radius 2 is 1.96 bits per heavy atom. The van der Waals surface area contributed by atoms with Crippen molar-refractivity contribution >= 4 is 11.9 Å². The lowest BCUT2D eigenvalue weighted by Gasteiger charge is -2.33. The second-order valence-corrected chi connectivity index (χ2v) is 7.46. The maximum atomic E-state index is 11.9. The quantitative estimate of drug-likeness (QED) is 0.422. The van der Waals surface area contributed by atoms with Gasteiger partial charge in [-0.25, -0.2) is 0 Å². The van der Waals surface area contributed by atoms with Gasteiger partial charge in [0, 0.05) is 32.2 Å². The minimum Gasteiger partial charge on any atom is -0.466 e. The minimum atomic E-state index is -0.0553. The van der Waals surface area contributed by atoms with E-state index in [2.05, 4.69) is 60.3 Å². The molecule has 0 spiro atoms. The Morgan fingerprint density at radius 3 is 2.57 bits per heavy atom. The first kappa shape index (κ1) is 22.2. The third kappa shape index (κ3) is 6.82. The van der Waals surface area contributed by atoms with E-state index in [1.165, 1.54) is 5.56 Å². The summed E-state index contributed by atoms with van der Waals surface area (Å²) in [6.45, 7) is 10.8. The molecule has 0 radical (unpaired) electrons. The molecule has 1 unspecified atom stereocenters. The summed E-state index contributed by atoms with van der Waals surface area (Å²) in [7, 11) is 2.14. The van der Waals surface area contributed by atoms with Gasteiger partial charge in [-0.2, -0.15) is 0 Å². The summed E-state index contributed by atoms with van der Waals surface area (Å²) in [6, 6.07) is 10.9. The molecule has 0 amide bonds. The highest BCUT2D eigenvalue weighted by Crippen LogP contribution is 2.19. The number of guanidine groups is 1. The van der Waals surface area contributed by atoms with Gasteiger partial charge in [0.2, 0.25) is 0 Å². The van der Waals surface area contributed by atoms with Crippen molar-refractivity contribution < 1.29 is 9.53 Å². The molecule has 1 aromatic rings. The van der Waals surface area contributed by atoms with E-state index in [0.29, 0.717) is 12.6 Å². The van der Waals surface area contributed by atoms with Gasteiger partial charge < -0.3 is 15.0 Å². The van der Waals surface area contributed by atoms with Gasteiger partial charge in [0.05, 0.1) is 19.1 Å². The molecule has 1 atom stereocenters. The number of hydrogen-bond acceptors (Lipinski definition) is 4. The van der Waals surface area contributed by atoms with Gasteiger partial charge in [-0.3, -0.25) is 14.7 Å². The van der Waals surface area contributed by atoms with Crippen molar-refractivity contribution in [2.24, 2.45) is 10.9 Å². The van der Waals surface area contributed by atoms with Crippen LogP contribution in [0.4, 0.5) is 0 Å². The van der Waals surface area contributed by atoms with Crippen LogP contribution in [-0.2, 0) is 16.1 Å². The first-order chi connectivity index (χ1) is 13.5. The summed E-state index contributed by atoms with van der Waals surface area (Å²) in [5.74, 6) is 0.917. The van der Waals surface area contributed by atoms with Crippen molar-refractivity contribution in [3.63, 3.8) is 0 Å². The second-order valence-electron chi connectivity index (χ2n) is 7.46. The number of hydrogen-bond donors (Lipinski definition) is 1. The van der Waals surface area contributed by atoms with E-state index in [0.717, 1.165) is 51.5 Å². The normalized spacial score (nSPS) is 16.9. The lowest BCUT2D eigenvalue weighted by Crippen LogP contribution is -2.47. The van der Waals surface area contributed by atoms with E-state index >= 15 is 0 Å². The Kier molecular flexibility index (Phi) is 9.28. The molecule has 0 aromatic heterocycles. The van der Waals surface area contributed by atoms with Crippen molar-refractivity contribution in [3.8, 4) is 0 Å². The summed E-state index contributed by atoms with van der Waals surface area (Å²) in [4.78, 5) is 21.4. The molecule has 1 aliphatic rings. The van der Waals surface area contributed by atoms with Crippen LogP contribution in [0.25, 0.3) is 0 Å². The SMILES string of the molecule is CCNC(=NCC(C)N(C)Cc1ccccc1)N1CCC(C(=O)OCC)CC1. The molecule has 6 heteroatoms. The molecule has 1 N–H and O–H groups in total. The van der Waals surface area contributed by atoms with E-state index in [-0.39, 0.29) is 11.9 Å². The van der Waals surface area contributed by atoms with Crippen LogP contribution in [0.2, 0.25) is 0 Å². The molecule has 2 rings (SSSR count). The van der Waals surface area contributed by atoms with Crippen molar-refractivity contribution in [2.75, 3.05) is 39.8 Å². The zero-order valence-corrected chi connectivity index (χ0v) is 17.9. The molecule has 156 valence electrons. The van der Waals surface area contributed by atoms with E-state index < -0.39 is 0 Å². The third-order valence-corrected chi connectivity index (χ3v) is 5.28. The number of nitrogens with zero attached hydrogens (tertiary/aromatic N) is 3. The fourth-order valence-electron chi connectivity index (χ4n) is 3.40. The van der Waals surface area contributed by atoms with Gasteiger partial charge in [0.25, 0.3) is 0 Å². The van der Waals surface area contributed by atoms with Gasteiger partial charge in [0.15, 0.2) is 5.96 Å². The van der Waals surface area contributed by atoms with Crippen LogP contribution in [0, 0.1) is 5.92 Å². The number of ether oxygens (including phenoxy) is 1. The second kappa shape index (κ2) is 11.7. The van der Waals surface area contributed by atoms with E-state index in [4.69, 9.17) is 9.73 Å². The molecular formula is C22H36N4O2. The fourth-order valence-corrected chi connectivity index (χ4v) is 3.40. The maximum Gasteiger partial charge on any atom is 0.309 e. The number of esters is 1. The molecule has 1 saturated heterocycles. The number of benzene rings is 1. The molecular weight excluding hydrogens is 352 g/mol. The molecule has 1 fully saturated rings. The average molecular weight is 389 g/mol. The first-order valence-electron chi connectivity index (χ1n) is 10.5. The van der Waals surface area contributed by atoms with Crippen molar-refractivity contribution in [3.05, 3.63) is 35.9 Å². The molecule has 0 aliphatic carbocycles. The Balaban J connectivity index is 1.88. The van der Waals surface area contributed by atoms with Crippen LogP contribution in [-0.4, -0.2) is 67.6 Å². The summed E-state index contributed by atoms with van der Waals surface area (Å²) in [5, 5.41) is 3.41. The Bertz CT molecular complexity index is 612. The molecule has 1 heterocycles. The standard InChI is InChI=1S/C22H36N4O2/c1-5-23-22(26-14-12-20(13-15-26)21(27)28-6-2)24-16-18(3)25(4)17-19-10-8-7-9-11-19/h7-11,18,20H,5-6,12-17H2,1-4H3,(H,23,24). The average Bonchev–Trinajstić information content (AvgIpc) is 2.72. The fraction of sp³-hybridized carbons (Fsp3) is 0.636. The summed E-state index contributed by atoms with van der Waals surface area (Å²) in [6.07, 6.45) is 1.65. The summed E-state index contributed by atoms with van der Waals surface area (Å²) >= 11 is 0. The monoisotopic (exact) mass is 388 g/mol. The van der Waals surface area contributed by atoms with Gasteiger partial charge in [-0.1, -0.05) is 30.3 Å². The van der Waals surface area contributed by atoms with Crippen molar-refractivity contribution in [1.29, 1.82) is 0 Å². The highest BCUT2D eigenvalue weighted by Gasteiger charge is 2.27. The van der Waals surface area contributed by atoms with Crippen LogP contribution >= 0.6 is 0 Å². The number of nitrogens with one attached hydrogen (secondary N) is 1. The molecule has 1 aromatic carbocycles. The lowest BCUT2D eigenvalue weighted by atomic mass is 9.97. The van der Waals surface area contributed by atoms with Crippen LogP contribution in [0.15, 0.2) is 35.3 Å². The molecule has 1 aliphatic heterocycles. The maximum absolute atomic E-state index is 11.9. The Morgan fingerprint density at radius 1 is 1.29 bits per heavy atom.